The zero-order chi connectivity index (χ0) is 20.4. The Kier molecular flexibility index (Phi) is 5.79. The topological polar surface area (TPSA) is 57.7 Å². The SMILES string of the molecule is O=C(/C=C/c1ccc(N2CCCS2(=O)=O)cc1)N(Cc1cccc(Br)c1)C1CC1. The lowest BCUT2D eigenvalue weighted by molar-refractivity contribution is -0.127. The van der Waals surface area contributed by atoms with Crippen LogP contribution in [0.1, 0.15) is 30.4 Å². The molecule has 4 rings (SSSR count). The zero-order valence-corrected chi connectivity index (χ0v) is 18.4. The van der Waals surface area contributed by atoms with E-state index in [0.29, 0.717) is 31.2 Å². The van der Waals surface area contributed by atoms with Crippen molar-refractivity contribution in [2.24, 2.45) is 0 Å². The Morgan fingerprint density at radius 2 is 1.93 bits per heavy atom. The van der Waals surface area contributed by atoms with Crippen LogP contribution in [-0.2, 0) is 21.4 Å². The first kappa shape index (κ1) is 20.2. The average Bonchev–Trinajstić information content (AvgIpc) is 3.47. The molecule has 0 aromatic heterocycles. The number of sulfonamides is 1. The van der Waals surface area contributed by atoms with Crippen molar-refractivity contribution in [3.05, 3.63) is 70.2 Å². The van der Waals surface area contributed by atoms with E-state index in [4.69, 9.17) is 0 Å². The second-order valence-corrected chi connectivity index (χ2v) is 10.4. The van der Waals surface area contributed by atoms with Crippen LogP contribution in [0.4, 0.5) is 5.69 Å². The van der Waals surface area contributed by atoms with Crippen LogP contribution < -0.4 is 4.31 Å². The second-order valence-electron chi connectivity index (χ2n) is 7.49. The maximum Gasteiger partial charge on any atom is 0.247 e. The van der Waals surface area contributed by atoms with E-state index in [2.05, 4.69) is 15.9 Å². The number of rotatable bonds is 6. The quantitative estimate of drug-likeness (QED) is 0.589. The minimum atomic E-state index is -3.17. The Balaban J connectivity index is 1.44. The van der Waals surface area contributed by atoms with Crippen LogP contribution in [0.5, 0.6) is 0 Å². The van der Waals surface area contributed by atoms with Crippen molar-refractivity contribution in [2.45, 2.75) is 31.8 Å². The first-order valence-corrected chi connectivity index (χ1v) is 12.2. The van der Waals surface area contributed by atoms with E-state index in [-0.39, 0.29) is 11.7 Å². The van der Waals surface area contributed by atoms with E-state index in [1.165, 1.54) is 4.31 Å². The molecule has 0 spiro atoms. The first-order chi connectivity index (χ1) is 13.9. The van der Waals surface area contributed by atoms with E-state index in [9.17, 15) is 13.2 Å². The van der Waals surface area contributed by atoms with Crippen LogP contribution >= 0.6 is 15.9 Å². The summed E-state index contributed by atoms with van der Waals surface area (Å²) in [6.45, 7) is 1.13. The predicted molar refractivity (Wildman–Crippen MR) is 119 cm³/mol. The maximum atomic E-state index is 12.8. The minimum Gasteiger partial charge on any atom is -0.332 e. The number of benzene rings is 2. The van der Waals surface area contributed by atoms with Gasteiger partial charge in [-0.3, -0.25) is 9.10 Å². The van der Waals surface area contributed by atoms with Gasteiger partial charge in [-0.1, -0.05) is 40.2 Å². The van der Waals surface area contributed by atoms with Crippen molar-refractivity contribution in [2.75, 3.05) is 16.6 Å². The molecule has 0 N–H and O–H groups in total. The predicted octanol–water partition coefficient (Wildman–Crippen LogP) is 4.19. The maximum absolute atomic E-state index is 12.8. The standard InChI is InChI=1S/C22H23BrN2O3S/c23-19-4-1-3-18(15-19)16-24(20-10-11-20)22(26)12-7-17-5-8-21(9-6-17)25-13-2-14-29(25,27)28/h1,3-9,12,15,20H,2,10-11,13-14,16H2/b12-7+. The third-order valence-electron chi connectivity index (χ3n) is 5.21. The molecule has 152 valence electrons. The fraction of sp³-hybridized carbons (Fsp3) is 0.318. The molecule has 2 aromatic rings. The van der Waals surface area contributed by atoms with Gasteiger partial charge in [0.25, 0.3) is 0 Å². The molecule has 1 saturated heterocycles. The fourth-order valence-corrected chi connectivity index (χ4v) is 5.56. The molecule has 1 amide bonds. The number of anilines is 1. The Morgan fingerprint density at radius 1 is 1.17 bits per heavy atom. The summed E-state index contributed by atoms with van der Waals surface area (Å²) < 4.78 is 26.5. The average molecular weight is 475 g/mol. The van der Waals surface area contributed by atoms with Crippen molar-refractivity contribution < 1.29 is 13.2 Å². The largest absolute Gasteiger partial charge is 0.332 e. The van der Waals surface area contributed by atoms with Crippen molar-refractivity contribution in [1.29, 1.82) is 0 Å². The smallest absolute Gasteiger partial charge is 0.247 e. The highest BCUT2D eigenvalue weighted by Crippen LogP contribution is 2.29. The van der Waals surface area contributed by atoms with E-state index < -0.39 is 10.0 Å². The first-order valence-electron chi connectivity index (χ1n) is 9.76. The minimum absolute atomic E-state index is 0.00123. The molecule has 1 aliphatic heterocycles. The number of hydrogen-bond donors (Lipinski definition) is 0. The summed E-state index contributed by atoms with van der Waals surface area (Å²) >= 11 is 3.48. The number of nitrogens with zero attached hydrogens (tertiary/aromatic N) is 2. The monoisotopic (exact) mass is 474 g/mol. The highest BCUT2D eigenvalue weighted by atomic mass is 79.9. The molecule has 1 heterocycles. The molecule has 0 atom stereocenters. The van der Waals surface area contributed by atoms with Gasteiger partial charge in [-0.2, -0.15) is 0 Å². The normalized spacial score (nSPS) is 18.3. The number of amides is 1. The summed E-state index contributed by atoms with van der Waals surface area (Å²) in [4.78, 5) is 14.7. The highest BCUT2D eigenvalue weighted by molar-refractivity contribution is 9.10. The molecule has 2 aliphatic rings. The van der Waals surface area contributed by atoms with Crippen LogP contribution in [0.2, 0.25) is 0 Å². The van der Waals surface area contributed by atoms with Gasteiger partial charge in [-0.25, -0.2) is 8.42 Å². The number of halogens is 1. The van der Waals surface area contributed by atoms with E-state index in [1.807, 2.05) is 41.3 Å². The Bertz CT molecular complexity index is 1030. The van der Waals surface area contributed by atoms with E-state index in [1.54, 1.807) is 24.3 Å². The molecule has 29 heavy (non-hydrogen) atoms. The molecule has 2 fully saturated rings. The summed E-state index contributed by atoms with van der Waals surface area (Å²) in [5, 5.41) is 0. The lowest BCUT2D eigenvalue weighted by Gasteiger charge is -2.21. The summed E-state index contributed by atoms with van der Waals surface area (Å²) in [5.74, 6) is 0.205. The van der Waals surface area contributed by atoms with Crippen LogP contribution in [0, 0.1) is 0 Å². The molecule has 1 saturated carbocycles. The molecule has 5 nitrogen and oxygen atoms in total. The van der Waals surface area contributed by atoms with E-state index in [0.717, 1.165) is 28.4 Å². The van der Waals surface area contributed by atoms with E-state index >= 15 is 0 Å². The van der Waals surface area contributed by atoms with Crippen LogP contribution in [0.25, 0.3) is 6.08 Å². The second kappa shape index (κ2) is 8.32. The number of hydrogen-bond acceptors (Lipinski definition) is 3. The summed E-state index contributed by atoms with van der Waals surface area (Å²) in [7, 11) is -3.17. The zero-order valence-electron chi connectivity index (χ0n) is 16.0. The molecule has 0 unspecified atom stereocenters. The van der Waals surface area contributed by atoms with Gasteiger partial charge in [0.2, 0.25) is 15.9 Å². The third kappa shape index (κ3) is 4.90. The molecule has 1 aliphatic carbocycles. The Hall–Kier alpha value is -2.12. The fourth-order valence-electron chi connectivity index (χ4n) is 3.55. The molecule has 0 bridgehead atoms. The summed E-state index contributed by atoms with van der Waals surface area (Å²) in [5.41, 5.74) is 2.65. The van der Waals surface area contributed by atoms with Gasteiger partial charge in [0.15, 0.2) is 0 Å². The van der Waals surface area contributed by atoms with Crippen molar-refractivity contribution in [3.8, 4) is 0 Å². The molecule has 7 heteroatoms. The summed E-state index contributed by atoms with van der Waals surface area (Å²) in [6, 6.07) is 15.6. The Labute approximate surface area is 180 Å². The van der Waals surface area contributed by atoms with Crippen molar-refractivity contribution >= 4 is 43.6 Å². The third-order valence-corrected chi connectivity index (χ3v) is 7.57. The van der Waals surface area contributed by atoms with Gasteiger partial charge in [-0.05, 0) is 60.7 Å². The van der Waals surface area contributed by atoms with Gasteiger partial charge in [0.1, 0.15) is 0 Å². The molecule has 2 aromatic carbocycles. The highest BCUT2D eigenvalue weighted by Gasteiger charge is 2.31. The van der Waals surface area contributed by atoms with Crippen LogP contribution in [-0.4, -0.2) is 37.6 Å². The number of carbonyl (C=O) groups is 1. The van der Waals surface area contributed by atoms with Crippen LogP contribution in [0.15, 0.2) is 59.1 Å². The van der Waals surface area contributed by atoms with Gasteiger partial charge < -0.3 is 4.90 Å². The summed E-state index contributed by atoms with van der Waals surface area (Å²) in [6.07, 6.45) is 6.16. The Morgan fingerprint density at radius 3 is 2.55 bits per heavy atom. The lowest BCUT2D eigenvalue weighted by atomic mass is 10.1. The molecule has 0 radical (unpaired) electrons. The van der Waals surface area contributed by atoms with Gasteiger partial charge in [0, 0.05) is 29.7 Å². The van der Waals surface area contributed by atoms with Crippen LogP contribution in [0.3, 0.4) is 0 Å². The van der Waals surface area contributed by atoms with Gasteiger partial charge in [0.05, 0.1) is 11.4 Å². The van der Waals surface area contributed by atoms with Gasteiger partial charge in [-0.15, -0.1) is 0 Å². The van der Waals surface area contributed by atoms with Crippen molar-refractivity contribution in [3.63, 3.8) is 0 Å². The van der Waals surface area contributed by atoms with Crippen molar-refractivity contribution in [1.82, 2.24) is 4.90 Å². The molecular formula is C22H23BrN2O3S. The number of carbonyl (C=O) groups excluding carboxylic acids is 1. The van der Waals surface area contributed by atoms with Gasteiger partial charge >= 0.3 is 0 Å². The molecular weight excluding hydrogens is 452 g/mol. The lowest BCUT2D eigenvalue weighted by Crippen LogP contribution is -2.31.